The molecule has 5 heteroatoms. The summed E-state index contributed by atoms with van der Waals surface area (Å²) >= 11 is 0. The third-order valence-corrected chi connectivity index (χ3v) is 7.41. The number of aromatic carboxylic acids is 1. The Hall–Kier alpha value is -3.08. The molecule has 2 aliphatic heterocycles. The predicted octanol–water partition coefficient (Wildman–Crippen LogP) is 5.35. The summed E-state index contributed by atoms with van der Waals surface area (Å²) in [5, 5.41) is 10.8. The van der Waals surface area contributed by atoms with Crippen LogP contribution >= 0.6 is 0 Å². The standard InChI is InChI=1S/C26H26N2O3/c29-22-15-17-8-4-9-20-24(17)28(22)13-5-12-27-21-14-18(26(30)31)10-11-19(21)23(25(20)27)16-6-2-1-3-7-16/h4,8-11,14,16H,1-3,5-7,12-13,15H2,(H,30,31). The van der Waals surface area contributed by atoms with Gasteiger partial charge in [0.15, 0.2) is 0 Å². The number of carboxylic acid groups (broad SMARTS) is 1. The molecule has 1 aromatic heterocycles. The molecule has 1 fully saturated rings. The van der Waals surface area contributed by atoms with Crippen molar-refractivity contribution in [2.24, 2.45) is 0 Å². The number of carbonyl (C=O) groups is 2. The number of para-hydroxylation sites is 1. The Morgan fingerprint density at radius 3 is 2.65 bits per heavy atom. The van der Waals surface area contributed by atoms with E-state index in [-0.39, 0.29) is 5.91 Å². The van der Waals surface area contributed by atoms with E-state index < -0.39 is 5.97 Å². The molecule has 0 radical (unpaired) electrons. The lowest BCUT2D eigenvalue weighted by atomic mass is 9.81. The summed E-state index contributed by atoms with van der Waals surface area (Å²) in [6, 6.07) is 11.9. The average molecular weight is 415 g/mol. The summed E-state index contributed by atoms with van der Waals surface area (Å²) in [6.07, 6.45) is 7.44. The number of anilines is 1. The lowest BCUT2D eigenvalue weighted by Gasteiger charge is -2.28. The Morgan fingerprint density at radius 2 is 1.84 bits per heavy atom. The molecule has 5 nitrogen and oxygen atoms in total. The van der Waals surface area contributed by atoms with E-state index in [0.717, 1.165) is 35.3 Å². The van der Waals surface area contributed by atoms with E-state index in [1.54, 1.807) is 6.07 Å². The molecule has 158 valence electrons. The molecule has 0 spiro atoms. The van der Waals surface area contributed by atoms with Gasteiger partial charge in [-0.15, -0.1) is 0 Å². The van der Waals surface area contributed by atoms with Gasteiger partial charge in [0, 0.05) is 29.6 Å². The zero-order chi connectivity index (χ0) is 21.1. The van der Waals surface area contributed by atoms with Crippen molar-refractivity contribution < 1.29 is 14.7 Å². The van der Waals surface area contributed by atoms with Crippen LogP contribution in [0.5, 0.6) is 0 Å². The van der Waals surface area contributed by atoms with E-state index in [2.05, 4.69) is 22.8 Å². The SMILES string of the molecule is O=C(O)c1ccc2c(C3CCCCC3)c3n(c2c1)CCCN1C(=O)Cc2cccc-3c21. The predicted molar refractivity (Wildman–Crippen MR) is 121 cm³/mol. The van der Waals surface area contributed by atoms with Crippen LogP contribution in [0, 0.1) is 0 Å². The number of aromatic nitrogens is 1. The second-order valence-electron chi connectivity index (χ2n) is 9.17. The van der Waals surface area contributed by atoms with Crippen molar-refractivity contribution in [3.63, 3.8) is 0 Å². The topological polar surface area (TPSA) is 62.5 Å². The molecule has 3 aliphatic rings. The Bertz CT molecular complexity index is 1230. The van der Waals surface area contributed by atoms with Crippen molar-refractivity contribution in [3.8, 4) is 11.3 Å². The highest BCUT2D eigenvalue weighted by molar-refractivity contribution is 6.07. The fourth-order valence-corrected chi connectivity index (χ4v) is 6.09. The van der Waals surface area contributed by atoms with Crippen molar-refractivity contribution in [1.29, 1.82) is 0 Å². The summed E-state index contributed by atoms with van der Waals surface area (Å²) in [6.45, 7) is 1.49. The molecule has 1 aliphatic carbocycles. The molecule has 3 aromatic rings. The first kappa shape index (κ1) is 18.7. The number of fused-ring (bicyclic) bond motifs is 4. The van der Waals surface area contributed by atoms with Crippen molar-refractivity contribution in [1.82, 2.24) is 4.57 Å². The summed E-state index contributed by atoms with van der Waals surface area (Å²) in [4.78, 5) is 26.5. The van der Waals surface area contributed by atoms with Gasteiger partial charge in [0.1, 0.15) is 0 Å². The molecular weight excluding hydrogens is 388 g/mol. The third kappa shape index (κ3) is 2.75. The summed E-state index contributed by atoms with van der Waals surface area (Å²) < 4.78 is 2.35. The third-order valence-electron chi connectivity index (χ3n) is 7.41. The Kier molecular flexibility index (Phi) is 4.20. The van der Waals surface area contributed by atoms with Crippen molar-refractivity contribution in [2.75, 3.05) is 11.4 Å². The molecule has 31 heavy (non-hydrogen) atoms. The molecule has 3 heterocycles. The fraction of sp³-hybridized carbons (Fsp3) is 0.385. The number of carbonyl (C=O) groups excluding carboxylic acids is 1. The number of benzene rings is 2. The average Bonchev–Trinajstić information content (AvgIpc) is 3.26. The Morgan fingerprint density at radius 1 is 1.00 bits per heavy atom. The van der Waals surface area contributed by atoms with Gasteiger partial charge in [-0.1, -0.05) is 43.5 Å². The van der Waals surface area contributed by atoms with Crippen LogP contribution in [0.3, 0.4) is 0 Å². The largest absolute Gasteiger partial charge is 0.478 e. The lowest BCUT2D eigenvalue weighted by molar-refractivity contribution is -0.117. The maximum atomic E-state index is 12.8. The normalized spacial score (nSPS) is 18.6. The maximum Gasteiger partial charge on any atom is 0.335 e. The van der Waals surface area contributed by atoms with Crippen LogP contribution in [-0.4, -0.2) is 28.1 Å². The smallest absolute Gasteiger partial charge is 0.335 e. The van der Waals surface area contributed by atoms with Gasteiger partial charge in [-0.05, 0) is 48.4 Å². The highest BCUT2D eigenvalue weighted by Crippen LogP contribution is 2.49. The van der Waals surface area contributed by atoms with Gasteiger partial charge in [0.2, 0.25) is 5.91 Å². The first-order valence-electron chi connectivity index (χ1n) is 11.5. The minimum Gasteiger partial charge on any atom is -0.478 e. The van der Waals surface area contributed by atoms with Crippen LogP contribution in [0.25, 0.3) is 22.2 Å². The molecule has 1 amide bonds. The highest BCUT2D eigenvalue weighted by Gasteiger charge is 2.35. The monoisotopic (exact) mass is 414 g/mol. The number of nitrogens with zero attached hydrogens (tertiary/aromatic N) is 2. The van der Waals surface area contributed by atoms with Crippen LogP contribution in [-0.2, 0) is 17.8 Å². The zero-order valence-corrected chi connectivity index (χ0v) is 17.6. The quantitative estimate of drug-likeness (QED) is 0.615. The van der Waals surface area contributed by atoms with E-state index in [1.807, 2.05) is 17.0 Å². The van der Waals surface area contributed by atoms with Gasteiger partial charge in [0.25, 0.3) is 0 Å². The first-order valence-corrected chi connectivity index (χ1v) is 11.5. The van der Waals surface area contributed by atoms with Crippen molar-refractivity contribution in [2.45, 2.75) is 57.4 Å². The minimum absolute atomic E-state index is 0.194. The molecule has 0 saturated heterocycles. The van der Waals surface area contributed by atoms with Gasteiger partial charge in [0.05, 0.1) is 23.4 Å². The van der Waals surface area contributed by atoms with Gasteiger partial charge in [-0.2, -0.15) is 0 Å². The highest BCUT2D eigenvalue weighted by atomic mass is 16.4. The van der Waals surface area contributed by atoms with E-state index in [4.69, 9.17) is 0 Å². The zero-order valence-electron chi connectivity index (χ0n) is 17.6. The number of hydrogen-bond acceptors (Lipinski definition) is 2. The molecule has 0 bridgehead atoms. The van der Waals surface area contributed by atoms with Crippen LogP contribution in [0.1, 0.15) is 65.9 Å². The Labute approximate surface area is 181 Å². The van der Waals surface area contributed by atoms with Gasteiger partial charge >= 0.3 is 5.97 Å². The molecule has 0 unspecified atom stereocenters. The number of aryl methyl sites for hydroxylation is 1. The minimum atomic E-state index is -0.889. The molecule has 2 aromatic carbocycles. The van der Waals surface area contributed by atoms with Gasteiger partial charge < -0.3 is 14.6 Å². The van der Waals surface area contributed by atoms with Crippen molar-refractivity contribution in [3.05, 3.63) is 53.1 Å². The van der Waals surface area contributed by atoms with Gasteiger partial charge in [-0.25, -0.2) is 4.79 Å². The van der Waals surface area contributed by atoms with Crippen LogP contribution < -0.4 is 4.90 Å². The number of amides is 1. The first-order chi connectivity index (χ1) is 15.1. The lowest BCUT2D eigenvalue weighted by Crippen LogP contribution is -2.30. The van der Waals surface area contributed by atoms with Crippen LogP contribution in [0.2, 0.25) is 0 Å². The molecule has 1 N–H and O–H groups in total. The molecular formula is C26H26N2O3. The molecule has 1 saturated carbocycles. The van der Waals surface area contributed by atoms with E-state index >= 15 is 0 Å². The van der Waals surface area contributed by atoms with E-state index in [1.165, 1.54) is 48.7 Å². The summed E-state index contributed by atoms with van der Waals surface area (Å²) in [5.41, 5.74) is 7.25. The van der Waals surface area contributed by atoms with Crippen molar-refractivity contribution >= 4 is 28.5 Å². The van der Waals surface area contributed by atoms with Crippen LogP contribution in [0.15, 0.2) is 36.4 Å². The summed E-state index contributed by atoms with van der Waals surface area (Å²) in [5.74, 6) is -0.219. The summed E-state index contributed by atoms with van der Waals surface area (Å²) in [7, 11) is 0. The number of carboxylic acids is 1. The number of rotatable bonds is 2. The van der Waals surface area contributed by atoms with Gasteiger partial charge in [-0.3, -0.25) is 4.79 Å². The van der Waals surface area contributed by atoms with E-state index in [9.17, 15) is 14.7 Å². The number of hydrogen-bond donors (Lipinski definition) is 1. The van der Waals surface area contributed by atoms with E-state index in [0.29, 0.717) is 24.4 Å². The second kappa shape index (κ2) is 6.98. The van der Waals surface area contributed by atoms with Crippen LogP contribution in [0.4, 0.5) is 5.69 Å². The maximum absolute atomic E-state index is 12.8. The second-order valence-corrected chi connectivity index (χ2v) is 9.17. The Balaban J connectivity index is 1.70. The fourth-order valence-electron chi connectivity index (χ4n) is 6.09. The molecule has 0 atom stereocenters. The molecule has 6 rings (SSSR count).